The largest absolute Gasteiger partial charge is 0.357 e. The summed E-state index contributed by atoms with van der Waals surface area (Å²) in [6.07, 6.45) is 1.14. The van der Waals surface area contributed by atoms with Crippen LogP contribution in [0.3, 0.4) is 0 Å². The van der Waals surface area contributed by atoms with Gasteiger partial charge in [-0.15, -0.1) is 0 Å². The van der Waals surface area contributed by atoms with E-state index in [4.69, 9.17) is 0 Å². The lowest BCUT2D eigenvalue weighted by atomic mass is 10.4. The van der Waals surface area contributed by atoms with Gasteiger partial charge in [0, 0.05) is 17.1 Å². The Labute approximate surface area is 140 Å². The number of aliphatic imine (C=N–C) groups is 1. The van der Waals surface area contributed by atoms with Crippen molar-refractivity contribution in [3.63, 3.8) is 0 Å². The third-order valence-electron chi connectivity index (χ3n) is 3.58. The molecule has 1 saturated carbocycles. The molecule has 1 aliphatic carbocycles. The molecule has 122 valence electrons. The first-order chi connectivity index (χ1) is 10.4. The highest BCUT2D eigenvalue weighted by molar-refractivity contribution is 9.10. The van der Waals surface area contributed by atoms with E-state index >= 15 is 0 Å². The van der Waals surface area contributed by atoms with E-state index in [0.717, 1.165) is 17.4 Å². The fourth-order valence-corrected chi connectivity index (χ4v) is 3.44. The molecule has 22 heavy (non-hydrogen) atoms. The molecule has 1 aromatic rings. The first-order valence-electron chi connectivity index (χ1n) is 7.45. The highest BCUT2D eigenvalue weighted by Crippen LogP contribution is 2.28. The topological polar surface area (TPSA) is 70.6 Å². The number of benzene rings is 1. The minimum absolute atomic E-state index is 0.00538. The fraction of sp³-hybridized carbons (Fsp3) is 0.533. The second-order valence-corrected chi connectivity index (χ2v) is 8.52. The van der Waals surface area contributed by atoms with Crippen molar-refractivity contribution in [2.45, 2.75) is 31.2 Å². The molecule has 0 saturated heterocycles. The molecule has 1 aliphatic rings. The van der Waals surface area contributed by atoms with Crippen molar-refractivity contribution in [3.8, 4) is 0 Å². The molecule has 5 nitrogen and oxygen atoms in total. The molecule has 1 fully saturated rings. The van der Waals surface area contributed by atoms with Crippen LogP contribution in [0, 0.1) is 5.92 Å². The Morgan fingerprint density at radius 2 is 2.00 bits per heavy atom. The molecule has 2 atom stereocenters. The number of guanidine groups is 1. The Morgan fingerprint density at radius 1 is 1.36 bits per heavy atom. The summed E-state index contributed by atoms with van der Waals surface area (Å²) in [5, 5.41) is 6.46. The van der Waals surface area contributed by atoms with Crippen LogP contribution in [0.4, 0.5) is 0 Å². The third-order valence-corrected chi connectivity index (χ3v) is 5.82. The van der Waals surface area contributed by atoms with Crippen molar-refractivity contribution in [3.05, 3.63) is 28.7 Å². The highest BCUT2D eigenvalue weighted by Gasteiger charge is 2.33. The molecule has 1 aromatic carbocycles. The van der Waals surface area contributed by atoms with E-state index in [0.29, 0.717) is 22.8 Å². The zero-order chi connectivity index (χ0) is 16.2. The number of hydrogen-bond acceptors (Lipinski definition) is 3. The Hall–Kier alpha value is -1.08. The molecule has 0 aromatic heterocycles. The molecule has 0 spiro atoms. The molecule has 0 heterocycles. The molecular formula is C15H22BrN3O2S. The maximum Gasteiger partial charge on any atom is 0.191 e. The normalized spacial score (nSPS) is 21.5. The van der Waals surface area contributed by atoms with Gasteiger partial charge in [0.25, 0.3) is 0 Å². The van der Waals surface area contributed by atoms with E-state index in [9.17, 15) is 8.42 Å². The molecule has 2 unspecified atom stereocenters. The minimum Gasteiger partial charge on any atom is -0.357 e. The van der Waals surface area contributed by atoms with Gasteiger partial charge in [-0.25, -0.2) is 8.42 Å². The Morgan fingerprint density at radius 3 is 2.55 bits per heavy atom. The average Bonchev–Trinajstić information content (AvgIpc) is 3.14. The minimum atomic E-state index is -3.29. The standard InChI is InChI=1S/C15H22BrN3O2S/c1-3-17-15(19-14-10-11(14)2)18-8-9-22(20,21)13-6-4-12(16)5-7-13/h4-7,11,14H,3,8-10H2,1-2H3,(H2,17,18,19). The van der Waals surface area contributed by atoms with Crippen molar-refractivity contribution >= 4 is 31.7 Å². The molecular weight excluding hydrogens is 366 g/mol. The fourth-order valence-electron chi connectivity index (χ4n) is 2.06. The van der Waals surface area contributed by atoms with Crippen molar-refractivity contribution in [2.24, 2.45) is 10.9 Å². The number of sulfone groups is 1. The van der Waals surface area contributed by atoms with Gasteiger partial charge in [-0.05, 0) is 43.5 Å². The third kappa shape index (κ3) is 4.98. The van der Waals surface area contributed by atoms with Gasteiger partial charge < -0.3 is 10.6 Å². The summed E-state index contributed by atoms with van der Waals surface area (Å²) >= 11 is 3.30. The average molecular weight is 388 g/mol. The van der Waals surface area contributed by atoms with E-state index in [1.165, 1.54) is 0 Å². The summed E-state index contributed by atoms with van der Waals surface area (Å²) in [7, 11) is -3.29. The van der Waals surface area contributed by atoms with Crippen molar-refractivity contribution in [1.82, 2.24) is 10.6 Å². The van der Waals surface area contributed by atoms with Crippen LogP contribution in [-0.4, -0.2) is 39.3 Å². The van der Waals surface area contributed by atoms with Gasteiger partial charge >= 0.3 is 0 Å². The van der Waals surface area contributed by atoms with E-state index in [1.54, 1.807) is 24.3 Å². The van der Waals surface area contributed by atoms with Gasteiger partial charge in [-0.2, -0.15) is 0 Å². The Bertz CT molecular complexity index is 629. The lowest BCUT2D eigenvalue weighted by molar-refractivity contribution is 0.596. The van der Waals surface area contributed by atoms with Crippen LogP contribution in [0.1, 0.15) is 20.3 Å². The molecule has 2 N–H and O–H groups in total. The van der Waals surface area contributed by atoms with Crippen LogP contribution < -0.4 is 10.6 Å². The molecule has 0 radical (unpaired) electrons. The van der Waals surface area contributed by atoms with E-state index < -0.39 is 9.84 Å². The monoisotopic (exact) mass is 387 g/mol. The van der Waals surface area contributed by atoms with Crippen molar-refractivity contribution in [2.75, 3.05) is 18.8 Å². The van der Waals surface area contributed by atoms with Crippen LogP contribution in [0.2, 0.25) is 0 Å². The molecule has 0 aliphatic heterocycles. The number of nitrogens with one attached hydrogen (secondary N) is 2. The quantitative estimate of drug-likeness (QED) is 0.579. The Balaban J connectivity index is 1.94. The summed E-state index contributed by atoms with van der Waals surface area (Å²) < 4.78 is 25.4. The van der Waals surface area contributed by atoms with Gasteiger partial charge in [-0.3, -0.25) is 4.99 Å². The number of nitrogens with zero attached hydrogens (tertiary/aromatic N) is 1. The summed E-state index contributed by atoms with van der Waals surface area (Å²) in [5.74, 6) is 1.36. The van der Waals surface area contributed by atoms with Crippen LogP contribution in [0.15, 0.2) is 38.6 Å². The smallest absolute Gasteiger partial charge is 0.191 e. The van der Waals surface area contributed by atoms with Crippen molar-refractivity contribution in [1.29, 1.82) is 0 Å². The predicted octanol–water partition coefficient (Wildman–Crippen LogP) is 2.19. The summed E-state index contributed by atoms with van der Waals surface area (Å²) in [6, 6.07) is 7.14. The molecule has 7 heteroatoms. The second kappa shape index (κ2) is 7.46. The molecule has 2 rings (SSSR count). The number of halogens is 1. The van der Waals surface area contributed by atoms with Gasteiger partial charge in [0.2, 0.25) is 0 Å². The maximum atomic E-state index is 12.2. The number of hydrogen-bond donors (Lipinski definition) is 2. The maximum absolute atomic E-state index is 12.2. The molecule has 0 bridgehead atoms. The van der Waals surface area contributed by atoms with E-state index in [-0.39, 0.29) is 12.3 Å². The van der Waals surface area contributed by atoms with E-state index in [2.05, 4.69) is 38.5 Å². The second-order valence-electron chi connectivity index (χ2n) is 5.50. The summed E-state index contributed by atoms with van der Waals surface area (Å²) in [5.41, 5.74) is 0. The SMILES string of the molecule is CCNC(=NCCS(=O)(=O)c1ccc(Br)cc1)NC1CC1C. The summed E-state index contributed by atoms with van der Waals surface area (Å²) in [4.78, 5) is 4.70. The zero-order valence-electron chi connectivity index (χ0n) is 12.8. The Kier molecular flexibility index (Phi) is 5.86. The lowest BCUT2D eigenvalue weighted by Crippen LogP contribution is -2.39. The highest BCUT2D eigenvalue weighted by atomic mass is 79.9. The first kappa shape index (κ1) is 17.3. The van der Waals surface area contributed by atoms with Crippen LogP contribution in [0.25, 0.3) is 0 Å². The molecule has 0 amide bonds. The van der Waals surface area contributed by atoms with Crippen LogP contribution >= 0.6 is 15.9 Å². The van der Waals surface area contributed by atoms with E-state index in [1.807, 2.05) is 6.92 Å². The van der Waals surface area contributed by atoms with Crippen molar-refractivity contribution < 1.29 is 8.42 Å². The van der Waals surface area contributed by atoms with Crippen LogP contribution in [0.5, 0.6) is 0 Å². The van der Waals surface area contributed by atoms with Gasteiger partial charge in [0.1, 0.15) is 0 Å². The summed E-state index contributed by atoms with van der Waals surface area (Å²) in [6.45, 7) is 5.17. The first-order valence-corrected chi connectivity index (χ1v) is 9.90. The predicted molar refractivity (Wildman–Crippen MR) is 92.9 cm³/mol. The van der Waals surface area contributed by atoms with Gasteiger partial charge in [-0.1, -0.05) is 22.9 Å². The zero-order valence-corrected chi connectivity index (χ0v) is 15.2. The van der Waals surface area contributed by atoms with Gasteiger partial charge in [0.15, 0.2) is 15.8 Å². The van der Waals surface area contributed by atoms with Gasteiger partial charge in [0.05, 0.1) is 17.2 Å². The number of rotatable bonds is 6. The lowest BCUT2D eigenvalue weighted by Gasteiger charge is -2.10. The van der Waals surface area contributed by atoms with Crippen LogP contribution in [-0.2, 0) is 9.84 Å².